The average molecular weight is 524 g/mol. The molecule has 1 aliphatic heterocycles. The summed E-state index contributed by atoms with van der Waals surface area (Å²) in [7, 11) is 0. The highest BCUT2D eigenvalue weighted by molar-refractivity contribution is 7.16. The molecular formula is C27H37N7O2S. The van der Waals surface area contributed by atoms with Crippen LogP contribution in [0.2, 0.25) is 0 Å². The summed E-state index contributed by atoms with van der Waals surface area (Å²) in [4.78, 5) is 28.4. The molecule has 2 aromatic heterocycles. The number of β-amino-alcohol motifs (C(OH)–C–C–N with tert-alkyl or cyclic N) is 1. The van der Waals surface area contributed by atoms with Crippen LogP contribution < -0.4 is 16.4 Å². The molecule has 1 fully saturated rings. The molecule has 4 rings (SSSR count). The third kappa shape index (κ3) is 5.95. The van der Waals surface area contributed by atoms with E-state index < -0.39 is 0 Å². The molecule has 37 heavy (non-hydrogen) atoms. The van der Waals surface area contributed by atoms with E-state index >= 15 is 0 Å². The maximum Gasteiger partial charge on any atom is 0.226 e. The summed E-state index contributed by atoms with van der Waals surface area (Å²) in [5, 5.41) is 20.0. The van der Waals surface area contributed by atoms with Gasteiger partial charge in [0.2, 0.25) is 11.7 Å². The third-order valence-corrected chi connectivity index (χ3v) is 8.27. The summed E-state index contributed by atoms with van der Waals surface area (Å²) >= 11 is 1.46. The number of aliphatic hydroxyl groups is 1. The normalized spacial score (nSPS) is 19.9. The summed E-state index contributed by atoms with van der Waals surface area (Å²) in [5.41, 5.74) is 15.7. The molecule has 3 heterocycles. The molecule has 2 aromatic rings. The Bertz CT molecular complexity index is 1200. The van der Waals surface area contributed by atoms with Gasteiger partial charge in [0, 0.05) is 54.4 Å². The van der Waals surface area contributed by atoms with E-state index in [0.29, 0.717) is 46.4 Å². The number of aliphatic hydroxyl groups excluding tert-OH is 1. The van der Waals surface area contributed by atoms with Crippen molar-refractivity contribution in [1.82, 2.24) is 14.9 Å². The summed E-state index contributed by atoms with van der Waals surface area (Å²) in [6.45, 7) is 7.69. The Kier molecular flexibility index (Phi) is 8.79. The van der Waals surface area contributed by atoms with Crippen LogP contribution in [-0.4, -0.2) is 64.6 Å². The Morgan fingerprint density at radius 2 is 2.14 bits per heavy atom. The van der Waals surface area contributed by atoms with Crippen molar-refractivity contribution >= 4 is 28.1 Å². The number of aryl methyl sites for hydroxylation is 1. The van der Waals surface area contributed by atoms with E-state index in [1.54, 1.807) is 19.2 Å². The molecule has 198 valence electrons. The summed E-state index contributed by atoms with van der Waals surface area (Å²) in [6.07, 6.45) is 6.11. The molecular weight excluding hydrogens is 486 g/mol. The van der Waals surface area contributed by atoms with E-state index in [4.69, 9.17) is 11.5 Å². The Balaban J connectivity index is 1.62. The second-order valence-corrected chi connectivity index (χ2v) is 11.1. The first-order valence-electron chi connectivity index (χ1n) is 13.2. The van der Waals surface area contributed by atoms with Gasteiger partial charge in [0.1, 0.15) is 16.8 Å². The Labute approximate surface area is 222 Å². The number of hydrogen-bond donors (Lipinski definition) is 3. The van der Waals surface area contributed by atoms with E-state index in [2.05, 4.69) is 25.8 Å². The van der Waals surface area contributed by atoms with Gasteiger partial charge in [-0.05, 0) is 57.2 Å². The minimum atomic E-state index is -0.368. The fraction of sp³-hybridized carbons (Fsp3) is 0.556. The number of anilines is 2. The minimum absolute atomic E-state index is 0.178. The Morgan fingerprint density at radius 3 is 2.86 bits per heavy atom. The van der Waals surface area contributed by atoms with Crippen LogP contribution in [0.25, 0.3) is 0 Å². The summed E-state index contributed by atoms with van der Waals surface area (Å²) in [6, 6.07) is 3.92. The average Bonchev–Trinajstić information content (AvgIpc) is 3.05. The Hall–Kier alpha value is -3.00. The van der Waals surface area contributed by atoms with E-state index in [-0.39, 0.29) is 17.8 Å². The van der Waals surface area contributed by atoms with E-state index in [1.807, 2.05) is 6.92 Å². The predicted octanol–water partition coefficient (Wildman–Crippen LogP) is 3.20. The highest BCUT2D eigenvalue weighted by atomic mass is 32.1. The molecule has 10 heteroatoms. The zero-order valence-corrected chi connectivity index (χ0v) is 22.6. The molecule has 0 radical (unpaired) electrons. The summed E-state index contributed by atoms with van der Waals surface area (Å²) < 4.78 is 0. The fourth-order valence-corrected chi connectivity index (χ4v) is 6.58. The number of nitrogen functional groups attached to an aromatic ring is 1. The van der Waals surface area contributed by atoms with Gasteiger partial charge in [-0.1, -0.05) is 13.3 Å². The van der Waals surface area contributed by atoms with Crippen molar-refractivity contribution in [2.24, 2.45) is 5.73 Å². The van der Waals surface area contributed by atoms with E-state index in [1.165, 1.54) is 11.3 Å². The number of thiophene rings is 1. The van der Waals surface area contributed by atoms with Crippen molar-refractivity contribution in [3.05, 3.63) is 45.2 Å². The standard InChI is InChI=1S/C27H37N7O2S/c1-3-6-19(24(29)18-7-4-8-22-23(18)20(15-28)26(30)37-22)25(36)21-9-10-31-27(32-21)34-12-5-11-33(13-14-34)16-17(2)35/h9-10,17-18,35H,3-8,11-14,16,29-30H2,1-2H3/t17-,18+/m1/s1. The lowest BCUT2D eigenvalue weighted by atomic mass is 9.80. The molecule has 2 atom stereocenters. The van der Waals surface area contributed by atoms with Gasteiger partial charge in [-0.2, -0.15) is 5.26 Å². The lowest BCUT2D eigenvalue weighted by Gasteiger charge is -2.26. The fourth-order valence-electron chi connectivity index (χ4n) is 5.46. The number of aromatic nitrogens is 2. The number of ketones is 1. The van der Waals surface area contributed by atoms with Crippen molar-refractivity contribution in [2.75, 3.05) is 43.4 Å². The van der Waals surface area contributed by atoms with Gasteiger partial charge in [-0.15, -0.1) is 11.3 Å². The maximum absolute atomic E-state index is 13.8. The van der Waals surface area contributed by atoms with Gasteiger partial charge >= 0.3 is 0 Å². The zero-order chi connectivity index (χ0) is 26.5. The Morgan fingerprint density at radius 1 is 1.32 bits per heavy atom. The van der Waals surface area contributed by atoms with Gasteiger partial charge in [0.25, 0.3) is 0 Å². The van der Waals surface area contributed by atoms with E-state index in [9.17, 15) is 15.2 Å². The van der Waals surface area contributed by atoms with Crippen molar-refractivity contribution in [3.8, 4) is 6.07 Å². The highest BCUT2D eigenvalue weighted by Gasteiger charge is 2.32. The van der Waals surface area contributed by atoms with Crippen molar-refractivity contribution in [1.29, 1.82) is 5.26 Å². The number of hydrogen-bond acceptors (Lipinski definition) is 10. The number of nitrogens with two attached hydrogens (primary N) is 2. The minimum Gasteiger partial charge on any atom is -0.401 e. The number of Topliss-reactive ketones (excluding diaryl/α,β-unsaturated/α-hetero) is 1. The van der Waals surface area contributed by atoms with Crippen LogP contribution in [0.4, 0.5) is 10.9 Å². The van der Waals surface area contributed by atoms with Crippen molar-refractivity contribution in [3.63, 3.8) is 0 Å². The predicted molar refractivity (Wildman–Crippen MR) is 147 cm³/mol. The first-order valence-corrected chi connectivity index (χ1v) is 14.0. The monoisotopic (exact) mass is 523 g/mol. The van der Waals surface area contributed by atoms with E-state index in [0.717, 1.165) is 68.7 Å². The number of nitrogens with zero attached hydrogens (tertiary/aromatic N) is 5. The largest absolute Gasteiger partial charge is 0.401 e. The zero-order valence-electron chi connectivity index (χ0n) is 21.7. The van der Waals surface area contributed by atoms with Crippen LogP contribution in [0.5, 0.6) is 0 Å². The SMILES string of the molecule is CCCC(C(=O)c1ccnc(N2CCCN(C[C@@H](C)O)CC2)n1)=C(N)[C@H]1CCCc2sc(N)c(C#N)c21. The third-order valence-electron chi connectivity index (χ3n) is 7.17. The molecule has 0 spiro atoms. The number of carbonyl (C=O) groups excluding carboxylic acids is 1. The first-order chi connectivity index (χ1) is 17.8. The number of nitriles is 1. The van der Waals surface area contributed by atoms with Gasteiger partial charge in [-0.25, -0.2) is 9.97 Å². The maximum atomic E-state index is 13.8. The van der Waals surface area contributed by atoms with Gasteiger partial charge in [-0.3, -0.25) is 9.69 Å². The quantitative estimate of drug-likeness (QED) is 0.351. The lowest BCUT2D eigenvalue weighted by Crippen LogP contribution is -2.35. The molecule has 0 unspecified atom stereocenters. The highest BCUT2D eigenvalue weighted by Crippen LogP contribution is 2.45. The van der Waals surface area contributed by atoms with Gasteiger partial charge in [0.15, 0.2) is 0 Å². The number of rotatable bonds is 8. The van der Waals surface area contributed by atoms with Gasteiger partial charge in [0.05, 0.1) is 11.7 Å². The molecule has 0 amide bonds. The smallest absolute Gasteiger partial charge is 0.226 e. The van der Waals surface area contributed by atoms with Crippen molar-refractivity contribution in [2.45, 2.75) is 64.4 Å². The summed E-state index contributed by atoms with van der Waals surface area (Å²) in [5.74, 6) is 0.170. The second kappa shape index (κ2) is 12.0. The van der Waals surface area contributed by atoms with Crippen LogP contribution in [0.15, 0.2) is 23.5 Å². The molecule has 5 N–H and O–H groups in total. The van der Waals surface area contributed by atoms with Crippen LogP contribution in [0.1, 0.15) is 78.4 Å². The number of carbonyl (C=O) groups is 1. The molecule has 0 aromatic carbocycles. The van der Waals surface area contributed by atoms with Crippen LogP contribution in [0, 0.1) is 11.3 Å². The van der Waals surface area contributed by atoms with Gasteiger partial charge < -0.3 is 21.5 Å². The molecule has 0 bridgehead atoms. The molecule has 2 aliphatic rings. The number of allylic oxidation sites excluding steroid dienone is 2. The molecule has 1 aliphatic carbocycles. The lowest BCUT2D eigenvalue weighted by molar-refractivity contribution is 0.102. The number of fused-ring (bicyclic) bond motifs is 1. The van der Waals surface area contributed by atoms with Crippen LogP contribution >= 0.6 is 11.3 Å². The molecule has 1 saturated heterocycles. The van der Waals surface area contributed by atoms with Crippen LogP contribution in [0.3, 0.4) is 0 Å². The van der Waals surface area contributed by atoms with Crippen LogP contribution in [-0.2, 0) is 6.42 Å². The second-order valence-electron chi connectivity index (χ2n) is 9.98. The topological polar surface area (TPSA) is 145 Å². The first kappa shape index (κ1) is 27.0. The van der Waals surface area contributed by atoms with Crippen molar-refractivity contribution < 1.29 is 9.90 Å². The molecule has 9 nitrogen and oxygen atoms in total. The molecule has 0 saturated carbocycles.